The largest absolute Gasteiger partial charge is 0.507 e. The number of phenolic OH excluding ortho intramolecular Hbond substituents is 1. The van der Waals surface area contributed by atoms with Crippen LogP contribution in [-0.2, 0) is 14.1 Å². The smallest absolute Gasteiger partial charge is 0.332 e. The molecule has 8 nitrogen and oxygen atoms in total. The Bertz CT molecular complexity index is 2180. The van der Waals surface area contributed by atoms with Crippen molar-refractivity contribution >= 4 is 70.5 Å². The molecule has 41 heavy (non-hydrogen) atoms. The van der Waals surface area contributed by atoms with Crippen molar-refractivity contribution in [2.24, 2.45) is 14.1 Å². The van der Waals surface area contributed by atoms with Gasteiger partial charge in [0.1, 0.15) is 11.6 Å². The third-order valence-corrected chi connectivity index (χ3v) is 9.88. The lowest BCUT2D eigenvalue weighted by Crippen LogP contribution is -2.43. The van der Waals surface area contributed by atoms with Gasteiger partial charge < -0.3 is 10.4 Å². The van der Waals surface area contributed by atoms with Crippen LogP contribution in [0.5, 0.6) is 5.75 Å². The molecule has 10 heteroatoms. The first-order valence-electron chi connectivity index (χ1n) is 13.1. The van der Waals surface area contributed by atoms with Crippen LogP contribution in [0.1, 0.15) is 35.1 Å². The number of halogens is 2. The number of benzene rings is 4. The molecule has 4 aromatic carbocycles. The number of anilines is 1. The van der Waals surface area contributed by atoms with E-state index in [1.54, 1.807) is 7.05 Å². The van der Waals surface area contributed by atoms with Gasteiger partial charge in [-0.05, 0) is 56.0 Å². The highest BCUT2D eigenvalue weighted by molar-refractivity contribution is 9.13. The Morgan fingerprint density at radius 2 is 1.44 bits per heavy atom. The van der Waals surface area contributed by atoms with Gasteiger partial charge in [-0.15, -0.1) is 0 Å². The van der Waals surface area contributed by atoms with E-state index in [0.29, 0.717) is 50.8 Å². The Labute approximate surface area is 250 Å². The monoisotopic (exact) mass is 671 g/mol. The number of phenols is 1. The van der Waals surface area contributed by atoms with Crippen LogP contribution in [0.25, 0.3) is 32.8 Å². The van der Waals surface area contributed by atoms with E-state index in [-0.39, 0.29) is 17.2 Å². The molecular formula is C31H23Br2N5O3. The first kappa shape index (κ1) is 25.9. The number of hydrogen-bond donors (Lipinski definition) is 2. The molecule has 2 unspecified atom stereocenters. The van der Waals surface area contributed by atoms with E-state index in [2.05, 4.69) is 37.2 Å². The predicted molar refractivity (Wildman–Crippen MR) is 168 cm³/mol. The highest BCUT2D eigenvalue weighted by Gasteiger charge is 2.36. The number of nitrogens with one attached hydrogen (secondary N) is 1. The lowest BCUT2D eigenvalue weighted by molar-refractivity contribution is 0.463. The van der Waals surface area contributed by atoms with Gasteiger partial charge in [0.25, 0.3) is 5.56 Å². The highest BCUT2D eigenvalue weighted by Crippen LogP contribution is 2.47. The summed E-state index contributed by atoms with van der Waals surface area (Å²) in [5.74, 6) is 0.200. The van der Waals surface area contributed by atoms with Crippen molar-refractivity contribution in [1.82, 2.24) is 19.1 Å². The maximum Gasteiger partial charge on any atom is 0.332 e. The van der Waals surface area contributed by atoms with Crippen LogP contribution >= 0.6 is 31.9 Å². The summed E-state index contributed by atoms with van der Waals surface area (Å²) in [4.78, 5) is 36.6. The predicted octanol–water partition coefficient (Wildman–Crippen LogP) is 6.25. The van der Waals surface area contributed by atoms with Gasteiger partial charge in [0.2, 0.25) is 0 Å². The van der Waals surface area contributed by atoms with Crippen LogP contribution < -0.4 is 16.6 Å². The Morgan fingerprint density at radius 1 is 0.829 bits per heavy atom. The first-order valence-corrected chi connectivity index (χ1v) is 14.6. The number of fused-ring (bicyclic) bond motifs is 5. The van der Waals surface area contributed by atoms with E-state index in [9.17, 15) is 14.7 Å². The molecule has 0 amide bonds. The van der Waals surface area contributed by atoms with Crippen LogP contribution in [0, 0.1) is 0 Å². The summed E-state index contributed by atoms with van der Waals surface area (Å²) >= 11 is 7.14. The Balaban J connectivity index is 1.56. The molecule has 0 bridgehead atoms. The summed E-state index contributed by atoms with van der Waals surface area (Å²) in [5.41, 5.74) is 3.88. The molecule has 2 aromatic heterocycles. The molecule has 204 valence electrons. The summed E-state index contributed by atoms with van der Waals surface area (Å²) in [6.45, 7) is 0. The van der Waals surface area contributed by atoms with Gasteiger partial charge >= 0.3 is 5.69 Å². The van der Waals surface area contributed by atoms with E-state index in [0.717, 1.165) is 24.5 Å². The van der Waals surface area contributed by atoms with E-state index >= 15 is 0 Å². The minimum absolute atomic E-state index is 0.0968. The van der Waals surface area contributed by atoms with E-state index in [1.807, 2.05) is 66.7 Å². The zero-order valence-corrected chi connectivity index (χ0v) is 25.2. The lowest BCUT2D eigenvalue weighted by atomic mass is 9.81. The molecule has 0 aliphatic carbocycles. The van der Waals surface area contributed by atoms with Crippen molar-refractivity contribution in [3.05, 3.63) is 113 Å². The highest BCUT2D eigenvalue weighted by atomic mass is 79.9. The molecule has 3 heterocycles. The molecule has 1 aliphatic rings. The van der Waals surface area contributed by atoms with Crippen molar-refractivity contribution < 1.29 is 5.11 Å². The van der Waals surface area contributed by atoms with Gasteiger partial charge in [-0.3, -0.25) is 13.9 Å². The van der Waals surface area contributed by atoms with Gasteiger partial charge in [-0.2, -0.15) is 0 Å². The molecule has 7 rings (SSSR count). The number of rotatable bonds is 2. The quantitative estimate of drug-likeness (QED) is 0.167. The van der Waals surface area contributed by atoms with Crippen molar-refractivity contribution in [2.45, 2.75) is 18.4 Å². The molecule has 6 aromatic rings. The number of aromatic hydroxyl groups is 1. The van der Waals surface area contributed by atoms with E-state index in [1.165, 1.54) is 11.6 Å². The second kappa shape index (κ2) is 9.53. The van der Waals surface area contributed by atoms with Gasteiger partial charge in [-0.1, -0.05) is 54.6 Å². The SMILES string of the molecule is Cn1c2c(c(=O)n(C)c1=O)C(c1ccccc1)CC(c1c(O)c3ccccc3c3nc4cc(Br)c(Br)cc4nc13)N2. The molecule has 0 spiro atoms. The summed E-state index contributed by atoms with van der Waals surface area (Å²) in [7, 11) is 3.15. The number of hydrogen-bond acceptors (Lipinski definition) is 6. The van der Waals surface area contributed by atoms with Crippen molar-refractivity contribution in [3.8, 4) is 5.75 Å². The Morgan fingerprint density at radius 3 is 2.12 bits per heavy atom. The second-order valence-corrected chi connectivity index (χ2v) is 12.1. The molecule has 0 saturated carbocycles. The third-order valence-electron chi connectivity index (χ3n) is 8.03. The number of nitrogens with zero attached hydrogens (tertiary/aromatic N) is 4. The van der Waals surface area contributed by atoms with Gasteiger partial charge in [0, 0.05) is 45.3 Å². The van der Waals surface area contributed by atoms with Crippen molar-refractivity contribution in [3.63, 3.8) is 0 Å². The van der Waals surface area contributed by atoms with Crippen LogP contribution in [0.4, 0.5) is 5.82 Å². The van der Waals surface area contributed by atoms with E-state index < -0.39 is 11.7 Å². The van der Waals surface area contributed by atoms with Crippen LogP contribution in [0.3, 0.4) is 0 Å². The topological polar surface area (TPSA) is 102 Å². The third kappa shape index (κ3) is 3.92. The second-order valence-electron chi connectivity index (χ2n) is 10.3. The minimum atomic E-state index is -0.483. The fraction of sp³-hybridized carbons (Fsp3) is 0.161. The molecular weight excluding hydrogens is 650 g/mol. The summed E-state index contributed by atoms with van der Waals surface area (Å²) in [6, 6.07) is 20.7. The first-order chi connectivity index (χ1) is 19.7. The Kier molecular flexibility index (Phi) is 6.02. The fourth-order valence-corrected chi connectivity index (χ4v) is 6.69. The van der Waals surface area contributed by atoms with Crippen molar-refractivity contribution in [1.29, 1.82) is 0 Å². The van der Waals surface area contributed by atoms with Gasteiger partial charge in [0.05, 0.1) is 33.7 Å². The average Bonchev–Trinajstić information content (AvgIpc) is 2.99. The number of aromatic nitrogens is 4. The molecule has 2 atom stereocenters. The maximum absolute atomic E-state index is 13.5. The summed E-state index contributed by atoms with van der Waals surface area (Å²) in [6.07, 6.45) is 0.454. The minimum Gasteiger partial charge on any atom is -0.507 e. The fourth-order valence-electron chi connectivity index (χ4n) is 6.03. The zero-order valence-electron chi connectivity index (χ0n) is 22.0. The summed E-state index contributed by atoms with van der Waals surface area (Å²) in [5, 5.41) is 16.7. The Hall–Kier alpha value is -4.02. The van der Waals surface area contributed by atoms with Crippen molar-refractivity contribution in [2.75, 3.05) is 5.32 Å². The normalized spacial score (nSPS) is 16.7. The zero-order chi connectivity index (χ0) is 28.6. The maximum atomic E-state index is 13.5. The molecule has 0 radical (unpaired) electrons. The summed E-state index contributed by atoms with van der Waals surface area (Å²) < 4.78 is 4.31. The van der Waals surface area contributed by atoms with Gasteiger partial charge in [-0.25, -0.2) is 14.8 Å². The van der Waals surface area contributed by atoms with Crippen LogP contribution in [-0.4, -0.2) is 24.2 Å². The van der Waals surface area contributed by atoms with Crippen LogP contribution in [0.15, 0.2) is 85.3 Å². The van der Waals surface area contributed by atoms with E-state index in [4.69, 9.17) is 9.97 Å². The molecule has 1 aliphatic heterocycles. The molecule has 0 fully saturated rings. The molecule has 2 N–H and O–H groups in total. The van der Waals surface area contributed by atoms with Gasteiger partial charge in [0.15, 0.2) is 0 Å². The average molecular weight is 673 g/mol. The lowest BCUT2D eigenvalue weighted by Gasteiger charge is -2.35. The standard InChI is InChI=1S/C31H23Br2N5O3/c1-37-29-24(30(40)38(2)31(37)41)18(15-8-4-3-5-9-15)12-23(36-29)25-27-26(16-10-6-7-11-17(16)28(25)39)34-21-13-19(32)20(33)14-22(21)35-27/h3-11,13-14,18,23,36,39H,12H2,1-2H3. The van der Waals surface area contributed by atoms with Crippen LogP contribution in [0.2, 0.25) is 0 Å². The molecule has 0 saturated heterocycles.